The Morgan fingerprint density at radius 1 is 0.720 bits per heavy atom. The monoisotopic (exact) mass is 358 g/mol. The van der Waals surface area contributed by atoms with Crippen LogP contribution in [0.5, 0.6) is 0 Å². The van der Waals surface area contributed by atoms with Crippen molar-refractivity contribution in [2.24, 2.45) is 17.8 Å². The molecule has 3 unspecified atom stereocenters. The molecule has 0 aliphatic rings. The van der Waals surface area contributed by atoms with Crippen LogP contribution in [0.1, 0.15) is 71.1 Å². The molecule has 0 saturated carbocycles. The Balaban J connectivity index is 3.88. The zero-order valence-corrected chi connectivity index (χ0v) is 14.9. The van der Waals surface area contributed by atoms with E-state index in [-0.39, 0.29) is 12.3 Å². The largest absolute Gasteiger partial charge is 0.481 e. The van der Waals surface area contributed by atoms with Crippen LogP contribution in [0, 0.1) is 17.8 Å². The molecule has 3 atom stereocenters. The number of hydrogen-bond donors (Lipinski definition) is 3. The Labute approximate surface area is 148 Å². The van der Waals surface area contributed by atoms with Crippen LogP contribution in [0.4, 0.5) is 0 Å². The van der Waals surface area contributed by atoms with Gasteiger partial charge >= 0.3 is 17.9 Å². The maximum absolute atomic E-state index is 11.3. The molecule has 0 amide bonds. The molecule has 0 bridgehead atoms. The van der Waals surface area contributed by atoms with Gasteiger partial charge in [0.2, 0.25) is 0 Å². The normalized spacial score (nSPS) is 14.4. The molecule has 0 aromatic rings. The van der Waals surface area contributed by atoms with Crippen LogP contribution in [0.25, 0.3) is 0 Å². The summed E-state index contributed by atoms with van der Waals surface area (Å²) in [7, 11) is 0. The van der Waals surface area contributed by atoms with Gasteiger partial charge in [-0.25, -0.2) is 0 Å². The predicted octanol–water partition coefficient (Wildman–Crippen LogP) is 3.21. The van der Waals surface area contributed by atoms with E-state index in [0.29, 0.717) is 38.4 Å². The van der Waals surface area contributed by atoms with Crippen LogP contribution in [-0.4, -0.2) is 39.5 Å². The van der Waals surface area contributed by atoms with Gasteiger partial charge in [-0.2, -0.15) is 0 Å². The second kappa shape index (κ2) is 13.4. The molecular weight excluding hydrogens is 328 g/mol. The van der Waals surface area contributed by atoms with Crippen molar-refractivity contribution < 1.29 is 34.5 Å². The Bertz CT molecular complexity index is 433. The van der Waals surface area contributed by atoms with E-state index < -0.39 is 29.7 Å². The van der Waals surface area contributed by atoms with E-state index in [2.05, 4.69) is 0 Å². The quantitative estimate of drug-likeness (QED) is 0.219. The third kappa shape index (κ3) is 11.3. The summed E-state index contributed by atoms with van der Waals surface area (Å²) in [6.45, 7) is 1.68. The van der Waals surface area contributed by atoms with E-state index in [4.69, 9.17) is 10.2 Å². The molecule has 0 spiro atoms. The molecule has 0 fully saturated rings. The Morgan fingerprint density at radius 3 is 1.64 bits per heavy atom. The van der Waals surface area contributed by atoms with Crippen molar-refractivity contribution in [2.75, 3.05) is 0 Å². The van der Waals surface area contributed by atoms with Crippen molar-refractivity contribution in [2.45, 2.75) is 71.1 Å². The fourth-order valence-electron chi connectivity index (χ4n) is 2.71. The fourth-order valence-corrected chi connectivity index (χ4v) is 2.71. The summed E-state index contributed by atoms with van der Waals surface area (Å²) < 4.78 is 0. The SMILES string of the molecule is CC(CCCCCCC(CCCCC(C=O)C(=O)O)C(=O)O)C(=O)O. The second-order valence-electron chi connectivity index (χ2n) is 6.63. The summed E-state index contributed by atoms with van der Waals surface area (Å²) >= 11 is 0. The van der Waals surface area contributed by atoms with Gasteiger partial charge in [0, 0.05) is 0 Å². The van der Waals surface area contributed by atoms with Gasteiger partial charge in [0.25, 0.3) is 0 Å². The first-order chi connectivity index (χ1) is 11.8. The topological polar surface area (TPSA) is 129 Å². The van der Waals surface area contributed by atoms with Crippen molar-refractivity contribution in [3.8, 4) is 0 Å². The lowest BCUT2D eigenvalue weighted by Gasteiger charge is -2.12. The number of carboxylic acids is 3. The molecule has 0 aliphatic heterocycles. The highest BCUT2D eigenvalue weighted by molar-refractivity contribution is 5.86. The molecule has 3 N–H and O–H groups in total. The maximum Gasteiger partial charge on any atom is 0.313 e. The van der Waals surface area contributed by atoms with E-state index >= 15 is 0 Å². The third-order valence-electron chi connectivity index (χ3n) is 4.51. The molecular formula is C18H30O7. The fraction of sp³-hybridized carbons (Fsp3) is 0.778. The number of carbonyl (C=O) groups is 4. The highest BCUT2D eigenvalue weighted by atomic mass is 16.4. The smallest absolute Gasteiger partial charge is 0.313 e. The molecule has 0 aliphatic carbocycles. The average molecular weight is 358 g/mol. The molecule has 0 saturated heterocycles. The zero-order chi connectivity index (χ0) is 19.2. The van der Waals surface area contributed by atoms with Crippen LogP contribution < -0.4 is 0 Å². The maximum atomic E-state index is 11.3. The van der Waals surface area contributed by atoms with Crippen LogP contribution in [0.15, 0.2) is 0 Å². The van der Waals surface area contributed by atoms with Crippen molar-refractivity contribution >= 4 is 24.2 Å². The Hall–Kier alpha value is -1.92. The zero-order valence-electron chi connectivity index (χ0n) is 14.9. The Morgan fingerprint density at radius 2 is 1.20 bits per heavy atom. The summed E-state index contributed by atoms with van der Waals surface area (Å²) in [5.74, 6) is -4.56. The first-order valence-corrected chi connectivity index (χ1v) is 8.93. The molecule has 0 aromatic heterocycles. The molecule has 0 rings (SSSR count). The van der Waals surface area contributed by atoms with Gasteiger partial charge in [-0.3, -0.25) is 14.4 Å². The van der Waals surface area contributed by atoms with Gasteiger partial charge < -0.3 is 20.1 Å². The van der Waals surface area contributed by atoms with Crippen molar-refractivity contribution in [1.29, 1.82) is 0 Å². The lowest BCUT2D eigenvalue weighted by molar-refractivity contribution is -0.144. The van der Waals surface area contributed by atoms with Crippen LogP contribution in [0.2, 0.25) is 0 Å². The van der Waals surface area contributed by atoms with Crippen molar-refractivity contribution in [1.82, 2.24) is 0 Å². The van der Waals surface area contributed by atoms with Crippen molar-refractivity contribution in [3.05, 3.63) is 0 Å². The minimum absolute atomic E-state index is 0.243. The summed E-state index contributed by atoms with van der Waals surface area (Å²) in [6, 6.07) is 0. The number of aliphatic carboxylic acids is 3. The van der Waals surface area contributed by atoms with Crippen LogP contribution >= 0.6 is 0 Å². The number of hydrogen-bond acceptors (Lipinski definition) is 4. The van der Waals surface area contributed by atoms with Gasteiger partial charge in [-0.15, -0.1) is 0 Å². The van der Waals surface area contributed by atoms with Gasteiger partial charge in [-0.05, 0) is 25.7 Å². The number of carbonyl (C=O) groups excluding carboxylic acids is 1. The summed E-state index contributed by atoms with van der Waals surface area (Å²) in [5, 5.41) is 26.8. The van der Waals surface area contributed by atoms with Gasteiger partial charge in [0.05, 0.1) is 11.8 Å². The molecule has 0 aromatic carbocycles. The predicted molar refractivity (Wildman–Crippen MR) is 91.3 cm³/mol. The number of rotatable bonds is 16. The average Bonchev–Trinajstić information content (AvgIpc) is 2.54. The van der Waals surface area contributed by atoms with Gasteiger partial charge in [0.1, 0.15) is 12.2 Å². The summed E-state index contributed by atoms with van der Waals surface area (Å²) in [6.07, 6.45) is 6.84. The molecule has 0 heterocycles. The molecule has 7 nitrogen and oxygen atoms in total. The molecule has 144 valence electrons. The highest BCUT2D eigenvalue weighted by Crippen LogP contribution is 2.20. The van der Waals surface area contributed by atoms with Gasteiger partial charge in [-0.1, -0.05) is 45.4 Å². The van der Waals surface area contributed by atoms with Crippen molar-refractivity contribution in [3.63, 3.8) is 0 Å². The summed E-state index contributed by atoms with van der Waals surface area (Å²) in [5.41, 5.74) is 0. The third-order valence-corrected chi connectivity index (χ3v) is 4.51. The summed E-state index contributed by atoms with van der Waals surface area (Å²) in [4.78, 5) is 43.2. The minimum atomic E-state index is -1.14. The number of carboxylic acid groups (broad SMARTS) is 3. The van der Waals surface area contributed by atoms with E-state index in [1.165, 1.54) is 0 Å². The first-order valence-electron chi connectivity index (χ1n) is 8.93. The number of aldehydes is 1. The first kappa shape index (κ1) is 23.1. The van der Waals surface area contributed by atoms with Crippen LogP contribution in [0.3, 0.4) is 0 Å². The van der Waals surface area contributed by atoms with E-state index in [1.54, 1.807) is 6.92 Å². The number of unbranched alkanes of at least 4 members (excludes halogenated alkanes) is 4. The molecule has 0 radical (unpaired) electrons. The van der Waals surface area contributed by atoms with E-state index in [9.17, 15) is 24.3 Å². The van der Waals surface area contributed by atoms with Gasteiger partial charge in [0.15, 0.2) is 0 Å². The minimum Gasteiger partial charge on any atom is -0.481 e. The lowest BCUT2D eigenvalue weighted by atomic mass is 9.93. The molecule has 7 heteroatoms. The molecule has 25 heavy (non-hydrogen) atoms. The second-order valence-corrected chi connectivity index (χ2v) is 6.63. The Kier molecular flexibility index (Phi) is 12.4. The standard InChI is InChI=1S/C18H30O7/c1-13(16(20)21)8-4-2-3-5-9-14(17(22)23)10-6-7-11-15(12-19)18(24)25/h12-15H,2-11H2,1H3,(H,20,21)(H,22,23)(H,24,25). The van der Waals surface area contributed by atoms with E-state index in [0.717, 1.165) is 25.7 Å². The lowest BCUT2D eigenvalue weighted by Crippen LogP contribution is -2.16. The van der Waals surface area contributed by atoms with E-state index in [1.807, 2.05) is 0 Å². The highest BCUT2D eigenvalue weighted by Gasteiger charge is 2.19. The van der Waals surface area contributed by atoms with Crippen LogP contribution in [-0.2, 0) is 19.2 Å².